The van der Waals surface area contributed by atoms with Crippen molar-refractivity contribution in [3.05, 3.63) is 42.0 Å². The molecule has 0 saturated carbocycles. The molecule has 4 nitrogen and oxygen atoms in total. The van der Waals surface area contributed by atoms with E-state index in [-0.39, 0.29) is 6.29 Å². The zero-order chi connectivity index (χ0) is 17.9. The van der Waals surface area contributed by atoms with Crippen molar-refractivity contribution in [1.29, 1.82) is 0 Å². The molecule has 0 aliphatic carbocycles. The lowest BCUT2D eigenvalue weighted by Gasteiger charge is -2.22. The molecule has 0 amide bonds. The van der Waals surface area contributed by atoms with Gasteiger partial charge in [-0.3, -0.25) is 0 Å². The van der Waals surface area contributed by atoms with Gasteiger partial charge in [-0.25, -0.2) is 0 Å². The van der Waals surface area contributed by atoms with Gasteiger partial charge in [0.05, 0.1) is 13.7 Å². The summed E-state index contributed by atoms with van der Waals surface area (Å²) in [5.74, 6) is 6.71. The van der Waals surface area contributed by atoms with Crippen molar-refractivity contribution in [2.45, 2.75) is 50.9 Å². The van der Waals surface area contributed by atoms with Crippen LogP contribution in [0.15, 0.2) is 30.9 Å². The summed E-state index contributed by atoms with van der Waals surface area (Å²) in [7, 11) is 1.62. The Bertz CT molecular complexity index is 594. The van der Waals surface area contributed by atoms with E-state index in [9.17, 15) is 5.11 Å². The van der Waals surface area contributed by atoms with Crippen LogP contribution in [0.25, 0.3) is 0 Å². The van der Waals surface area contributed by atoms with Crippen molar-refractivity contribution >= 4 is 0 Å². The van der Waals surface area contributed by atoms with Gasteiger partial charge in [-0.1, -0.05) is 24.1 Å². The Hall–Kier alpha value is -1.80. The summed E-state index contributed by atoms with van der Waals surface area (Å²) in [6.45, 7) is 5.20. The molecule has 1 fully saturated rings. The second-order valence-corrected chi connectivity index (χ2v) is 6.01. The number of unbranched alkanes of at least 4 members (excludes halogenated alkanes) is 1. The average Bonchev–Trinajstić information content (AvgIpc) is 2.65. The van der Waals surface area contributed by atoms with E-state index in [1.54, 1.807) is 13.2 Å². The average molecular weight is 344 g/mol. The SMILES string of the molecule is C=CCc1c(OC)cccc1C(O)C#CCCCOC1CCCCO1. The first-order valence-corrected chi connectivity index (χ1v) is 8.92. The number of allylic oxidation sites excluding steroid dienone is 1. The van der Waals surface area contributed by atoms with Gasteiger partial charge in [0, 0.05) is 18.6 Å². The molecule has 1 aliphatic rings. The summed E-state index contributed by atoms with van der Waals surface area (Å²) >= 11 is 0. The predicted octanol–water partition coefficient (Wildman–Crippen LogP) is 3.78. The van der Waals surface area contributed by atoms with Crippen LogP contribution in [0.5, 0.6) is 5.75 Å². The third-order valence-corrected chi connectivity index (χ3v) is 4.16. The second kappa shape index (κ2) is 10.9. The van der Waals surface area contributed by atoms with E-state index in [0.29, 0.717) is 19.4 Å². The van der Waals surface area contributed by atoms with E-state index < -0.39 is 6.10 Å². The second-order valence-electron chi connectivity index (χ2n) is 6.01. The molecule has 2 atom stereocenters. The molecule has 2 unspecified atom stereocenters. The smallest absolute Gasteiger partial charge is 0.157 e. The molecule has 4 heteroatoms. The molecule has 1 aliphatic heterocycles. The van der Waals surface area contributed by atoms with Crippen LogP contribution in [-0.2, 0) is 15.9 Å². The normalized spacial score (nSPS) is 18.1. The highest BCUT2D eigenvalue weighted by Gasteiger charge is 2.14. The zero-order valence-electron chi connectivity index (χ0n) is 15.0. The third-order valence-electron chi connectivity index (χ3n) is 4.16. The number of benzene rings is 1. The Morgan fingerprint density at radius 3 is 3.04 bits per heavy atom. The number of aliphatic hydroxyl groups excluding tert-OH is 1. The molecule has 0 spiro atoms. The number of hydrogen-bond donors (Lipinski definition) is 1. The maximum atomic E-state index is 10.4. The standard InChI is InChI=1S/C21H28O4/c1-3-10-18-17(11-9-13-20(18)23-2)19(22)12-5-4-7-15-24-21-14-6-8-16-25-21/h3,9,11,13,19,21-22H,1,4,6-8,10,14-16H2,2H3. The number of methoxy groups -OCH3 is 1. The zero-order valence-corrected chi connectivity index (χ0v) is 15.0. The van der Waals surface area contributed by atoms with E-state index in [1.807, 2.05) is 18.2 Å². The summed E-state index contributed by atoms with van der Waals surface area (Å²) in [5, 5.41) is 10.4. The Labute approximate surface area is 150 Å². The Morgan fingerprint density at radius 1 is 1.44 bits per heavy atom. The summed E-state index contributed by atoms with van der Waals surface area (Å²) in [6.07, 6.45) is 6.34. The van der Waals surface area contributed by atoms with E-state index >= 15 is 0 Å². The molecule has 0 radical (unpaired) electrons. The molecule has 2 rings (SSSR count). The van der Waals surface area contributed by atoms with Crippen molar-refractivity contribution in [2.24, 2.45) is 0 Å². The molecule has 1 heterocycles. The molecule has 1 aromatic rings. The van der Waals surface area contributed by atoms with Gasteiger partial charge in [0.25, 0.3) is 0 Å². The molecule has 1 N–H and O–H groups in total. The van der Waals surface area contributed by atoms with Crippen LogP contribution in [0.4, 0.5) is 0 Å². The van der Waals surface area contributed by atoms with Crippen LogP contribution in [0.1, 0.15) is 49.3 Å². The van der Waals surface area contributed by atoms with Gasteiger partial charge in [0.1, 0.15) is 11.9 Å². The highest BCUT2D eigenvalue weighted by Crippen LogP contribution is 2.27. The number of rotatable bonds is 8. The Kier molecular flexibility index (Phi) is 8.54. The minimum Gasteiger partial charge on any atom is -0.496 e. The lowest BCUT2D eigenvalue weighted by Crippen LogP contribution is -2.22. The molecule has 0 aromatic heterocycles. The van der Waals surface area contributed by atoms with Crippen molar-refractivity contribution in [3.63, 3.8) is 0 Å². The topological polar surface area (TPSA) is 47.9 Å². The maximum absolute atomic E-state index is 10.4. The number of ether oxygens (including phenoxy) is 3. The molecule has 1 saturated heterocycles. The van der Waals surface area contributed by atoms with Crippen LogP contribution in [0.3, 0.4) is 0 Å². The fourth-order valence-electron chi connectivity index (χ4n) is 2.86. The van der Waals surface area contributed by atoms with E-state index in [0.717, 1.165) is 42.7 Å². The molecule has 136 valence electrons. The van der Waals surface area contributed by atoms with Crippen LogP contribution >= 0.6 is 0 Å². The minimum absolute atomic E-state index is 0.0504. The van der Waals surface area contributed by atoms with Crippen LogP contribution in [-0.4, -0.2) is 31.7 Å². The molecular weight excluding hydrogens is 316 g/mol. The first kappa shape index (κ1) is 19.5. The summed E-state index contributed by atoms with van der Waals surface area (Å²) < 4.78 is 16.6. The largest absolute Gasteiger partial charge is 0.496 e. The van der Waals surface area contributed by atoms with Crippen molar-refractivity contribution < 1.29 is 19.3 Å². The monoisotopic (exact) mass is 344 g/mol. The fourth-order valence-corrected chi connectivity index (χ4v) is 2.86. The third kappa shape index (κ3) is 6.21. The van der Waals surface area contributed by atoms with Crippen LogP contribution in [0.2, 0.25) is 0 Å². The van der Waals surface area contributed by atoms with E-state index in [2.05, 4.69) is 18.4 Å². The summed E-state index contributed by atoms with van der Waals surface area (Å²) in [5.41, 5.74) is 1.71. The Balaban J connectivity index is 1.82. The lowest BCUT2D eigenvalue weighted by atomic mass is 9.99. The highest BCUT2D eigenvalue weighted by atomic mass is 16.7. The van der Waals surface area contributed by atoms with Crippen LogP contribution < -0.4 is 4.74 Å². The molecule has 0 bridgehead atoms. The first-order chi connectivity index (χ1) is 12.3. The van der Waals surface area contributed by atoms with E-state index in [4.69, 9.17) is 14.2 Å². The van der Waals surface area contributed by atoms with Gasteiger partial charge in [-0.15, -0.1) is 12.5 Å². The van der Waals surface area contributed by atoms with Crippen molar-refractivity contribution in [2.75, 3.05) is 20.3 Å². The predicted molar refractivity (Wildman–Crippen MR) is 98.4 cm³/mol. The van der Waals surface area contributed by atoms with Gasteiger partial charge in [0.15, 0.2) is 6.29 Å². The quantitative estimate of drug-likeness (QED) is 0.443. The number of aliphatic hydroxyl groups is 1. The Morgan fingerprint density at radius 2 is 2.32 bits per heavy atom. The maximum Gasteiger partial charge on any atom is 0.157 e. The fraction of sp³-hybridized carbons (Fsp3) is 0.524. The van der Waals surface area contributed by atoms with Crippen molar-refractivity contribution in [1.82, 2.24) is 0 Å². The van der Waals surface area contributed by atoms with Gasteiger partial charge >= 0.3 is 0 Å². The molecule has 25 heavy (non-hydrogen) atoms. The van der Waals surface area contributed by atoms with Gasteiger partial charge in [-0.05, 0) is 43.7 Å². The lowest BCUT2D eigenvalue weighted by molar-refractivity contribution is -0.162. The van der Waals surface area contributed by atoms with Gasteiger partial charge < -0.3 is 19.3 Å². The summed E-state index contributed by atoms with van der Waals surface area (Å²) in [4.78, 5) is 0. The first-order valence-electron chi connectivity index (χ1n) is 8.92. The van der Waals surface area contributed by atoms with E-state index in [1.165, 1.54) is 6.42 Å². The van der Waals surface area contributed by atoms with Crippen LogP contribution in [0, 0.1) is 11.8 Å². The highest BCUT2D eigenvalue weighted by molar-refractivity contribution is 5.44. The van der Waals surface area contributed by atoms with Crippen molar-refractivity contribution in [3.8, 4) is 17.6 Å². The molecule has 1 aromatic carbocycles. The number of hydrogen-bond acceptors (Lipinski definition) is 4. The summed E-state index contributed by atoms with van der Waals surface area (Å²) in [6, 6.07) is 5.63. The molecular formula is C21H28O4. The van der Waals surface area contributed by atoms with Gasteiger partial charge in [-0.2, -0.15) is 0 Å². The van der Waals surface area contributed by atoms with Gasteiger partial charge in [0.2, 0.25) is 0 Å². The minimum atomic E-state index is -0.826.